The molecule has 0 heterocycles. The molecule has 0 spiro atoms. The molecule has 1 rings (SSSR count). The summed E-state index contributed by atoms with van der Waals surface area (Å²) < 4.78 is 26.0. The molecule has 0 aliphatic heterocycles. The van der Waals surface area contributed by atoms with Crippen LogP contribution >= 0.6 is 11.6 Å². The highest BCUT2D eigenvalue weighted by atomic mass is 35.5. The third-order valence-corrected chi connectivity index (χ3v) is 2.12. The minimum atomic E-state index is -0.928. The van der Waals surface area contributed by atoms with Crippen LogP contribution in [0.4, 0.5) is 8.78 Å². The zero-order valence-corrected chi connectivity index (χ0v) is 7.91. The smallest absolute Gasteiger partial charge is 0.162 e. The van der Waals surface area contributed by atoms with Crippen molar-refractivity contribution in [3.63, 3.8) is 0 Å². The third-order valence-electron chi connectivity index (χ3n) is 1.91. The lowest BCUT2D eigenvalue weighted by Gasteiger charge is -2.10. The Kier molecular flexibility index (Phi) is 3.22. The number of halogens is 3. The average Bonchev–Trinajstić information content (AvgIpc) is 2.10. The Hall–Kier alpha value is -0.670. The van der Waals surface area contributed by atoms with Gasteiger partial charge in [-0.05, 0) is 30.2 Å². The quantitative estimate of drug-likeness (QED) is 0.739. The van der Waals surface area contributed by atoms with Crippen molar-refractivity contribution in [2.24, 2.45) is 5.73 Å². The van der Waals surface area contributed by atoms with Crippen molar-refractivity contribution in [2.45, 2.75) is 12.8 Å². The van der Waals surface area contributed by atoms with Crippen LogP contribution in [-0.2, 0) is 0 Å². The molecular weight excluding hydrogens is 196 g/mol. The van der Waals surface area contributed by atoms with Crippen molar-refractivity contribution in [1.82, 2.24) is 0 Å². The molecular formula is C9H10ClF2N. The lowest BCUT2D eigenvalue weighted by molar-refractivity contribution is 0.491. The van der Waals surface area contributed by atoms with E-state index in [1.54, 1.807) is 6.92 Å². The van der Waals surface area contributed by atoms with Crippen molar-refractivity contribution in [2.75, 3.05) is 6.54 Å². The Labute approximate surface area is 80.5 Å². The summed E-state index contributed by atoms with van der Waals surface area (Å²) >= 11 is 5.58. The zero-order valence-electron chi connectivity index (χ0n) is 7.15. The Morgan fingerprint density at radius 3 is 2.62 bits per heavy atom. The molecule has 13 heavy (non-hydrogen) atoms. The highest BCUT2D eigenvalue weighted by molar-refractivity contribution is 6.30. The highest BCUT2D eigenvalue weighted by Gasteiger charge is 2.14. The highest BCUT2D eigenvalue weighted by Crippen LogP contribution is 2.24. The molecule has 1 aromatic carbocycles. The fourth-order valence-electron chi connectivity index (χ4n) is 1.06. The second kappa shape index (κ2) is 4.03. The van der Waals surface area contributed by atoms with Crippen molar-refractivity contribution >= 4 is 11.6 Å². The average molecular weight is 206 g/mol. The molecule has 0 fully saturated rings. The molecule has 1 nitrogen and oxygen atoms in total. The summed E-state index contributed by atoms with van der Waals surface area (Å²) in [6, 6.07) is 2.35. The van der Waals surface area contributed by atoms with E-state index in [-0.39, 0.29) is 23.0 Å². The van der Waals surface area contributed by atoms with Crippen LogP contribution in [0.25, 0.3) is 0 Å². The molecule has 0 saturated carbocycles. The maximum Gasteiger partial charge on any atom is 0.162 e. The molecule has 0 radical (unpaired) electrons. The molecule has 0 aliphatic rings. The predicted octanol–water partition coefficient (Wildman–Crippen LogP) is 2.68. The van der Waals surface area contributed by atoms with Gasteiger partial charge in [0.2, 0.25) is 0 Å². The summed E-state index contributed by atoms with van der Waals surface area (Å²) in [6.45, 7) is 1.98. The van der Waals surface area contributed by atoms with Crippen LogP contribution in [0.1, 0.15) is 18.4 Å². The molecule has 0 bridgehead atoms. The topological polar surface area (TPSA) is 26.0 Å². The summed E-state index contributed by atoms with van der Waals surface area (Å²) in [5, 5.41) is 0.189. The fraction of sp³-hybridized carbons (Fsp3) is 0.333. The molecule has 1 unspecified atom stereocenters. The van der Waals surface area contributed by atoms with E-state index in [9.17, 15) is 8.78 Å². The van der Waals surface area contributed by atoms with Gasteiger partial charge in [-0.15, -0.1) is 0 Å². The van der Waals surface area contributed by atoms with Gasteiger partial charge in [0.1, 0.15) is 0 Å². The van der Waals surface area contributed by atoms with E-state index in [4.69, 9.17) is 17.3 Å². The van der Waals surface area contributed by atoms with Crippen molar-refractivity contribution in [3.05, 3.63) is 34.4 Å². The van der Waals surface area contributed by atoms with E-state index in [1.807, 2.05) is 0 Å². The Bertz CT molecular complexity index is 315. The van der Waals surface area contributed by atoms with E-state index < -0.39 is 11.6 Å². The molecule has 4 heteroatoms. The van der Waals surface area contributed by atoms with E-state index >= 15 is 0 Å². The van der Waals surface area contributed by atoms with Gasteiger partial charge in [-0.1, -0.05) is 18.5 Å². The van der Waals surface area contributed by atoms with Gasteiger partial charge in [0.25, 0.3) is 0 Å². The number of nitrogens with two attached hydrogens (primary N) is 1. The van der Waals surface area contributed by atoms with Gasteiger partial charge < -0.3 is 5.73 Å². The fourth-order valence-corrected chi connectivity index (χ4v) is 1.27. The number of benzene rings is 1. The van der Waals surface area contributed by atoms with Crippen LogP contribution in [0, 0.1) is 11.6 Å². The van der Waals surface area contributed by atoms with Gasteiger partial charge in [0.05, 0.1) is 0 Å². The molecule has 1 atom stereocenters. The number of hydrogen-bond acceptors (Lipinski definition) is 1. The molecule has 0 amide bonds. The maximum absolute atomic E-state index is 13.1. The van der Waals surface area contributed by atoms with Crippen molar-refractivity contribution in [1.29, 1.82) is 0 Å². The molecule has 2 N–H and O–H groups in total. The van der Waals surface area contributed by atoms with Crippen LogP contribution in [0.5, 0.6) is 0 Å². The largest absolute Gasteiger partial charge is 0.330 e. The van der Waals surface area contributed by atoms with Crippen LogP contribution < -0.4 is 5.73 Å². The molecule has 0 saturated heterocycles. The van der Waals surface area contributed by atoms with Gasteiger partial charge >= 0.3 is 0 Å². The van der Waals surface area contributed by atoms with E-state index in [0.717, 1.165) is 6.07 Å². The summed E-state index contributed by atoms with van der Waals surface area (Å²) in [5.41, 5.74) is 5.57. The second-order valence-corrected chi connectivity index (χ2v) is 3.36. The summed E-state index contributed by atoms with van der Waals surface area (Å²) in [5.74, 6) is -2.02. The van der Waals surface area contributed by atoms with Crippen molar-refractivity contribution in [3.8, 4) is 0 Å². The predicted molar refractivity (Wildman–Crippen MR) is 48.8 cm³/mol. The van der Waals surface area contributed by atoms with E-state index in [2.05, 4.69) is 0 Å². The molecule has 0 aromatic heterocycles. The number of hydrogen-bond donors (Lipinski definition) is 1. The first kappa shape index (κ1) is 10.4. The van der Waals surface area contributed by atoms with Gasteiger partial charge in [-0.25, -0.2) is 8.78 Å². The van der Waals surface area contributed by atoms with Gasteiger partial charge in [-0.2, -0.15) is 0 Å². The second-order valence-electron chi connectivity index (χ2n) is 2.93. The maximum atomic E-state index is 13.1. The van der Waals surface area contributed by atoms with E-state index in [1.165, 1.54) is 6.07 Å². The van der Waals surface area contributed by atoms with Crippen LogP contribution in [-0.4, -0.2) is 6.54 Å². The summed E-state index contributed by atoms with van der Waals surface area (Å²) in [7, 11) is 0. The molecule has 72 valence electrons. The Morgan fingerprint density at radius 1 is 1.46 bits per heavy atom. The normalized spacial score (nSPS) is 13.0. The van der Waals surface area contributed by atoms with Crippen LogP contribution in [0.3, 0.4) is 0 Å². The zero-order chi connectivity index (χ0) is 10.0. The third kappa shape index (κ3) is 2.17. The molecule has 0 aliphatic carbocycles. The van der Waals surface area contributed by atoms with E-state index in [0.29, 0.717) is 0 Å². The minimum Gasteiger partial charge on any atom is -0.330 e. The first-order chi connectivity index (χ1) is 6.06. The first-order valence-electron chi connectivity index (χ1n) is 3.90. The van der Waals surface area contributed by atoms with Crippen molar-refractivity contribution < 1.29 is 8.78 Å². The summed E-state index contributed by atoms with van der Waals surface area (Å²) in [6.07, 6.45) is 0. The van der Waals surface area contributed by atoms with Gasteiger partial charge in [-0.3, -0.25) is 0 Å². The van der Waals surface area contributed by atoms with Gasteiger partial charge in [0.15, 0.2) is 11.6 Å². The monoisotopic (exact) mass is 205 g/mol. The Morgan fingerprint density at radius 2 is 2.08 bits per heavy atom. The SMILES string of the molecule is CC(CN)c1cc(Cl)cc(F)c1F. The standard InChI is InChI=1S/C9H10ClF2N/c1-5(4-13)7-2-6(10)3-8(11)9(7)12/h2-3,5H,4,13H2,1H3. The first-order valence-corrected chi connectivity index (χ1v) is 4.28. The number of rotatable bonds is 2. The lowest BCUT2D eigenvalue weighted by Crippen LogP contribution is -2.11. The minimum absolute atomic E-state index is 0.189. The van der Waals surface area contributed by atoms with Crippen LogP contribution in [0.2, 0.25) is 5.02 Å². The molecule has 1 aromatic rings. The lowest BCUT2D eigenvalue weighted by atomic mass is 10.0. The Balaban J connectivity index is 3.20. The van der Waals surface area contributed by atoms with Crippen LogP contribution in [0.15, 0.2) is 12.1 Å². The van der Waals surface area contributed by atoms with Gasteiger partial charge in [0, 0.05) is 5.02 Å². The summed E-state index contributed by atoms with van der Waals surface area (Å²) in [4.78, 5) is 0.